The SMILES string of the molecule is Cc1cccc([C@@H](CCF)N2CCNCC2)c1.Cl. The van der Waals surface area contributed by atoms with E-state index in [2.05, 4.69) is 41.4 Å². The van der Waals surface area contributed by atoms with Gasteiger partial charge in [-0.05, 0) is 18.9 Å². The Bertz CT molecular complexity index is 353. The second-order valence-electron chi connectivity index (χ2n) is 4.69. The molecule has 1 aromatic rings. The van der Waals surface area contributed by atoms with Gasteiger partial charge in [-0.3, -0.25) is 9.29 Å². The molecule has 1 aliphatic rings. The minimum Gasteiger partial charge on any atom is -0.314 e. The van der Waals surface area contributed by atoms with E-state index in [-0.39, 0.29) is 25.1 Å². The maximum atomic E-state index is 12.7. The van der Waals surface area contributed by atoms with Crippen LogP contribution in [-0.2, 0) is 0 Å². The molecular formula is C14H22ClFN2. The lowest BCUT2D eigenvalue weighted by atomic mass is 10.00. The summed E-state index contributed by atoms with van der Waals surface area (Å²) in [4.78, 5) is 2.39. The van der Waals surface area contributed by atoms with Crippen molar-refractivity contribution in [3.8, 4) is 0 Å². The highest BCUT2D eigenvalue weighted by Gasteiger charge is 2.21. The van der Waals surface area contributed by atoms with Gasteiger partial charge < -0.3 is 5.32 Å². The number of nitrogens with zero attached hydrogens (tertiary/aromatic N) is 1. The fourth-order valence-corrected chi connectivity index (χ4v) is 2.53. The number of hydrogen-bond acceptors (Lipinski definition) is 2. The zero-order valence-electron chi connectivity index (χ0n) is 10.9. The summed E-state index contributed by atoms with van der Waals surface area (Å²) in [6, 6.07) is 8.70. The molecule has 0 spiro atoms. The molecule has 1 N–H and O–H groups in total. The molecule has 18 heavy (non-hydrogen) atoms. The number of alkyl halides is 1. The molecule has 1 saturated heterocycles. The summed E-state index contributed by atoms with van der Waals surface area (Å²) in [6.07, 6.45) is 0.601. The van der Waals surface area contributed by atoms with Crippen LogP contribution in [0.15, 0.2) is 24.3 Å². The van der Waals surface area contributed by atoms with Crippen LogP contribution in [0.1, 0.15) is 23.6 Å². The summed E-state index contributed by atoms with van der Waals surface area (Å²) in [5.41, 5.74) is 2.51. The van der Waals surface area contributed by atoms with Gasteiger partial charge >= 0.3 is 0 Å². The molecule has 0 bridgehead atoms. The zero-order chi connectivity index (χ0) is 12.1. The van der Waals surface area contributed by atoms with Crippen molar-refractivity contribution >= 4 is 12.4 Å². The van der Waals surface area contributed by atoms with E-state index in [9.17, 15) is 4.39 Å². The van der Waals surface area contributed by atoms with Gasteiger partial charge in [0.15, 0.2) is 0 Å². The van der Waals surface area contributed by atoms with Crippen molar-refractivity contribution in [2.75, 3.05) is 32.9 Å². The fourth-order valence-electron chi connectivity index (χ4n) is 2.53. The average molecular weight is 273 g/mol. The number of piperazine rings is 1. The highest BCUT2D eigenvalue weighted by atomic mass is 35.5. The van der Waals surface area contributed by atoms with E-state index >= 15 is 0 Å². The van der Waals surface area contributed by atoms with Crippen LogP contribution in [0.4, 0.5) is 4.39 Å². The van der Waals surface area contributed by atoms with Gasteiger partial charge in [0.1, 0.15) is 0 Å². The molecular weight excluding hydrogens is 251 g/mol. The van der Waals surface area contributed by atoms with Gasteiger partial charge in [0.2, 0.25) is 0 Å². The van der Waals surface area contributed by atoms with Crippen LogP contribution in [-0.4, -0.2) is 37.8 Å². The molecule has 1 aliphatic heterocycles. The smallest absolute Gasteiger partial charge is 0.0912 e. The Morgan fingerprint density at radius 3 is 2.67 bits per heavy atom. The summed E-state index contributed by atoms with van der Waals surface area (Å²) in [5.74, 6) is 0. The molecule has 1 atom stereocenters. The Morgan fingerprint density at radius 1 is 1.33 bits per heavy atom. The van der Waals surface area contributed by atoms with E-state index in [4.69, 9.17) is 0 Å². The maximum Gasteiger partial charge on any atom is 0.0912 e. The highest BCUT2D eigenvalue weighted by molar-refractivity contribution is 5.85. The van der Waals surface area contributed by atoms with Crippen molar-refractivity contribution in [3.63, 3.8) is 0 Å². The lowest BCUT2D eigenvalue weighted by Gasteiger charge is -2.35. The monoisotopic (exact) mass is 272 g/mol. The first-order valence-electron chi connectivity index (χ1n) is 6.38. The van der Waals surface area contributed by atoms with Gasteiger partial charge in [0, 0.05) is 32.2 Å². The van der Waals surface area contributed by atoms with E-state index < -0.39 is 0 Å². The minimum atomic E-state index is -0.247. The van der Waals surface area contributed by atoms with Crippen molar-refractivity contribution in [2.24, 2.45) is 0 Å². The van der Waals surface area contributed by atoms with Crippen molar-refractivity contribution in [1.29, 1.82) is 0 Å². The topological polar surface area (TPSA) is 15.3 Å². The molecule has 0 radical (unpaired) electrons. The maximum absolute atomic E-state index is 12.7. The molecule has 1 fully saturated rings. The molecule has 1 aromatic carbocycles. The molecule has 4 heteroatoms. The summed E-state index contributed by atoms with van der Waals surface area (Å²) in [6.45, 7) is 5.89. The van der Waals surface area contributed by atoms with Crippen molar-refractivity contribution in [3.05, 3.63) is 35.4 Å². The molecule has 0 saturated carbocycles. The van der Waals surface area contributed by atoms with Crippen molar-refractivity contribution in [1.82, 2.24) is 10.2 Å². The Balaban J connectivity index is 0.00000162. The van der Waals surface area contributed by atoms with Gasteiger partial charge in [-0.25, -0.2) is 0 Å². The van der Waals surface area contributed by atoms with Crippen LogP contribution in [0.3, 0.4) is 0 Å². The van der Waals surface area contributed by atoms with Crippen LogP contribution < -0.4 is 5.32 Å². The normalized spacial score (nSPS) is 18.1. The second kappa shape index (κ2) is 7.72. The Kier molecular flexibility index (Phi) is 6.61. The third-order valence-electron chi connectivity index (χ3n) is 3.40. The Morgan fingerprint density at radius 2 is 2.06 bits per heavy atom. The lowest BCUT2D eigenvalue weighted by Crippen LogP contribution is -2.45. The van der Waals surface area contributed by atoms with Crippen LogP contribution in [0, 0.1) is 6.92 Å². The van der Waals surface area contributed by atoms with Gasteiger partial charge in [0.25, 0.3) is 0 Å². The number of rotatable bonds is 4. The van der Waals surface area contributed by atoms with Gasteiger partial charge in [-0.2, -0.15) is 0 Å². The first-order valence-corrected chi connectivity index (χ1v) is 6.38. The van der Waals surface area contributed by atoms with Crippen LogP contribution in [0.5, 0.6) is 0 Å². The Hall–Kier alpha value is -0.640. The van der Waals surface area contributed by atoms with Gasteiger partial charge in [0.05, 0.1) is 6.67 Å². The van der Waals surface area contributed by atoms with Gasteiger partial charge in [-0.1, -0.05) is 29.8 Å². The van der Waals surface area contributed by atoms with Crippen LogP contribution in [0.25, 0.3) is 0 Å². The minimum absolute atomic E-state index is 0. The number of hydrogen-bond donors (Lipinski definition) is 1. The van der Waals surface area contributed by atoms with E-state index in [0.717, 1.165) is 26.2 Å². The van der Waals surface area contributed by atoms with Crippen molar-refractivity contribution < 1.29 is 4.39 Å². The fraction of sp³-hybridized carbons (Fsp3) is 0.571. The van der Waals surface area contributed by atoms with Crippen LogP contribution >= 0.6 is 12.4 Å². The molecule has 0 amide bonds. The van der Waals surface area contributed by atoms with E-state index in [1.54, 1.807) is 0 Å². The standard InChI is InChI=1S/C14H21FN2.ClH/c1-12-3-2-4-13(11-12)14(5-6-15)17-9-7-16-8-10-17;/h2-4,11,14,16H,5-10H2,1H3;1H/t14-;/m1./s1. The van der Waals surface area contributed by atoms with E-state index in [0.29, 0.717) is 6.42 Å². The summed E-state index contributed by atoms with van der Waals surface area (Å²) in [5, 5.41) is 3.34. The highest BCUT2D eigenvalue weighted by Crippen LogP contribution is 2.25. The summed E-state index contributed by atoms with van der Waals surface area (Å²) < 4.78 is 12.7. The third kappa shape index (κ3) is 3.94. The Labute approximate surface area is 115 Å². The molecule has 2 nitrogen and oxygen atoms in total. The van der Waals surface area contributed by atoms with Crippen molar-refractivity contribution in [2.45, 2.75) is 19.4 Å². The first-order chi connectivity index (χ1) is 8.31. The average Bonchev–Trinajstić information content (AvgIpc) is 2.37. The predicted octanol–water partition coefficient (Wildman–Crippen LogP) is 2.72. The number of halogens is 2. The summed E-state index contributed by atoms with van der Waals surface area (Å²) >= 11 is 0. The largest absolute Gasteiger partial charge is 0.314 e. The second-order valence-corrected chi connectivity index (χ2v) is 4.69. The zero-order valence-corrected chi connectivity index (χ0v) is 11.7. The quantitative estimate of drug-likeness (QED) is 0.907. The summed E-state index contributed by atoms with van der Waals surface area (Å²) in [7, 11) is 0. The molecule has 0 unspecified atom stereocenters. The first kappa shape index (κ1) is 15.4. The van der Waals surface area contributed by atoms with Crippen LogP contribution in [0.2, 0.25) is 0 Å². The molecule has 0 aliphatic carbocycles. The van der Waals surface area contributed by atoms with E-state index in [1.807, 2.05) is 0 Å². The molecule has 2 rings (SSSR count). The van der Waals surface area contributed by atoms with E-state index in [1.165, 1.54) is 11.1 Å². The number of benzene rings is 1. The van der Waals surface area contributed by atoms with Gasteiger partial charge in [-0.15, -0.1) is 12.4 Å². The molecule has 1 heterocycles. The lowest BCUT2D eigenvalue weighted by molar-refractivity contribution is 0.157. The third-order valence-corrected chi connectivity index (χ3v) is 3.40. The predicted molar refractivity (Wildman–Crippen MR) is 76.2 cm³/mol. The molecule has 102 valence electrons. The molecule has 0 aromatic heterocycles. The number of aryl methyl sites for hydroxylation is 1. The number of nitrogens with one attached hydrogen (secondary N) is 1.